The summed E-state index contributed by atoms with van der Waals surface area (Å²) in [6.45, 7) is 7.71. The minimum Gasteiger partial charge on any atom is -0.467 e. The molecule has 3 aromatic rings. The van der Waals surface area contributed by atoms with Gasteiger partial charge in [-0.2, -0.15) is 0 Å². The number of carbonyl (C=O) groups excluding carboxylic acids is 2. The van der Waals surface area contributed by atoms with Gasteiger partial charge < -0.3 is 20.7 Å². The van der Waals surface area contributed by atoms with Gasteiger partial charge in [-0.05, 0) is 31.2 Å². The summed E-state index contributed by atoms with van der Waals surface area (Å²) in [5, 5.41) is 3.92. The van der Waals surface area contributed by atoms with Crippen LogP contribution < -0.4 is 15.8 Å². The number of amides is 2. The summed E-state index contributed by atoms with van der Waals surface area (Å²) in [5.74, 6) is 0.253. The maximum Gasteiger partial charge on any atom is 0.258 e. The fourth-order valence-corrected chi connectivity index (χ4v) is 4.95. The predicted molar refractivity (Wildman–Crippen MR) is 148 cm³/mol. The van der Waals surface area contributed by atoms with Crippen LogP contribution in [0.2, 0.25) is 10.0 Å². The van der Waals surface area contributed by atoms with Gasteiger partial charge in [0.05, 0.1) is 11.9 Å². The lowest BCUT2D eigenvalue weighted by molar-refractivity contribution is -0.130. The SMILES string of the molecule is CC(=O)N1CCN(CCNC(=O)c2ccc(-c3cnc(N)c(OC(C)c4c(Cl)cccc4Cl)n3)cc2)CC1. The number of nitrogens with one attached hydrogen (secondary N) is 1. The maximum atomic E-state index is 12.6. The van der Waals surface area contributed by atoms with Crippen molar-refractivity contribution in [3.8, 4) is 17.1 Å². The number of nitrogens with zero attached hydrogens (tertiary/aromatic N) is 4. The van der Waals surface area contributed by atoms with Crippen LogP contribution in [-0.2, 0) is 4.79 Å². The second-order valence-electron chi connectivity index (χ2n) is 9.02. The van der Waals surface area contributed by atoms with E-state index in [2.05, 4.69) is 20.2 Å². The molecule has 1 unspecified atom stereocenters. The third-order valence-corrected chi connectivity index (χ3v) is 7.09. The summed E-state index contributed by atoms with van der Waals surface area (Å²) >= 11 is 12.6. The first-order valence-electron chi connectivity index (χ1n) is 12.3. The van der Waals surface area contributed by atoms with Crippen molar-refractivity contribution in [3.63, 3.8) is 0 Å². The van der Waals surface area contributed by atoms with Gasteiger partial charge in [-0.25, -0.2) is 9.97 Å². The molecule has 200 valence electrons. The van der Waals surface area contributed by atoms with Gasteiger partial charge in [0.25, 0.3) is 11.8 Å². The molecule has 11 heteroatoms. The summed E-state index contributed by atoms with van der Waals surface area (Å²) in [5.41, 5.74) is 8.49. The second-order valence-corrected chi connectivity index (χ2v) is 9.84. The van der Waals surface area contributed by atoms with Gasteiger partial charge in [-0.1, -0.05) is 41.4 Å². The normalized spacial score (nSPS) is 14.7. The summed E-state index contributed by atoms with van der Waals surface area (Å²) < 4.78 is 5.97. The molecule has 1 fully saturated rings. The lowest BCUT2D eigenvalue weighted by atomic mass is 10.1. The number of aromatic nitrogens is 2. The zero-order valence-corrected chi connectivity index (χ0v) is 22.8. The number of nitrogen functional groups attached to an aromatic ring is 1. The lowest BCUT2D eigenvalue weighted by Gasteiger charge is -2.34. The Hall–Kier alpha value is -3.40. The fourth-order valence-electron chi connectivity index (χ4n) is 4.24. The van der Waals surface area contributed by atoms with Crippen molar-refractivity contribution in [1.29, 1.82) is 0 Å². The Morgan fingerprint density at radius 3 is 2.37 bits per heavy atom. The van der Waals surface area contributed by atoms with Crippen LogP contribution in [0.15, 0.2) is 48.7 Å². The molecule has 0 aliphatic carbocycles. The molecule has 1 atom stereocenters. The lowest BCUT2D eigenvalue weighted by Crippen LogP contribution is -2.49. The summed E-state index contributed by atoms with van der Waals surface area (Å²) in [6, 6.07) is 12.3. The van der Waals surface area contributed by atoms with E-state index in [0.717, 1.165) is 38.3 Å². The van der Waals surface area contributed by atoms with Crippen molar-refractivity contribution in [2.24, 2.45) is 0 Å². The van der Waals surface area contributed by atoms with Crippen LogP contribution in [0.5, 0.6) is 5.88 Å². The first-order chi connectivity index (χ1) is 18.2. The van der Waals surface area contributed by atoms with Crippen molar-refractivity contribution in [3.05, 3.63) is 69.8 Å². The zero-order valence-electron chi connectivity index (χ0n) is 21.3. The third-order valence-electron chi connectivity index (χ3n) is 6.44. The molecule has 2 aromatic carbocycles. The molecule has 1 saturated heterocycles. The number of carbonyl (C=O) groups is 2. The van der Waals surface area contributed by atoms with E-state index < -0.39 is 6.10 Å². The topological polar surface area (TPSA) is 114 Å². The summed E-state index contributed by atoms with van der Waals surface area (Å²) in [4.78, 5) is 36.9. The van der Waals surface area contributed by atoms with Gasteiger partial charge in [-0.3, -0.25) is 14.5 Å². The van der Waals surface area contributed by atoms with E-state index in [1.807, 2.05) is 4.90 Å². The van der Waals surface area contributed by atoms with Crippen molar-refractivity contribution in [2.75, 3.05) is 45.0 Å². The molecule has 0 radical (unpaired) electrons. The minimum atomic E-state index is -0.507. The molecular weight excluding hydrogens is 527 g/mol. The Kier molecular flexibility index (Phi) is 9.04. The van der Waals surface area contributed by atoms with Crippen LogP contribution in [0.4, 0.5) is 5.82 Å². The van der Waals surface area contributed by atoms with E-state index >= 15 is 0 Å². The number of anilines is 1. The molecule has 3 N–H and O–H groups in total. The van der Waals surface area contributed by atoms with E-state index in [1.54, 1.807) is 62.5 Å². The van der Waals surface area contributed by atoms with Gasteiger partial charge in [0.1, 0.15) is 6.10 Å². The monoisotopic (exact) mass is 556 g/mol. The number of rotatable bonds is 8. The van der Waals surface area contributed by atoms with Crippen LogP contribution in [0.3, 0.4) is 0 Å². The number of hydrogen-bond acceptors (Lipinski definition) is 7. The van der Waals surface area contributed by atoms with Crippen molar-refractivity contribution >= 4 is 40.8 Å². The van der Waals surface area contributed by atoms with E-state index in [0.29, 0.717) is 33.4 Å². The van der Waals surface area contributed by atoms with Crippen molar-refractivity contribution < 1.29 is 14.3 Å². The zero-order chi connectivity index (χ0) is 27.2. The number of hydrogen-bond donors (Lipinski definition) is 2. The van der Waals surface area contributed by atoms with Gasteiger partial charge >= 0.3 is 0 Å². The molecule has 0 saturated carbocycles. The molecule has 0 spiro atoms. The van der Waals surface area contributed by atoms with Crippen LogP contribution in [0, 0.1) is 0 Å². The Balaban J connectivity index is 1.35. The highest BCUT2D eigenvalue weighted by Crippen LogP contribution is 2.34. The number of halogens is 2. The van der Waals surface area contributed by atoms with E-state index in [1.165, 1.54) is 0 Å². The van der Waals surface area contributed by atoms with E-state index in [4.69, 9.17) is 33.7 Å². The molecule has 4 rings (SSSR count). The second kappa shape index (κ2) is 12.4. The number of ether oxygens (including phenoxy) is 1. The van der Waals surface area contributed by atoms with E-state index in [-0.39, 0.29) is 23.5 Å². The smallest absolute Gasteiger partial charge is 0.258 e. The van der Waals surface area contributed by atoms with Crippen LogP contribution in [0.1, 0.15) is 35.9 Å². The van der Waals surface area contributed by atoms with Gasteiger partial charge in [0.2, 0.25) is 5.91 Å². The Bertz CT molecular complexity index is 1280. The van der Waals surface area contributed by atoms with Crippen LogP contribution >= 0.6 is 23.2 Å². The molecule has 38 heavy (non-hydrogen) atoms. The highest BCUT2D eigenvalue weighted by Gasteiger charge is 2.20. The van der Waals surface area contributed by atoms with Crippen molar-refractivity contribution in [1.82, 2.24) is 25.1 Å². The molecule has 1 aliphatic heterocycles. The van der Waals surface area contributed by atoms with Crippen molar-refractivity contribution in [2.45, 2.75) is 20.0 Å². The Morgan fingerprint density at radius 2 is 1.74 bits per heavy atom. The number of benzene rings is 2. The third kappa shape index (κ3) is 6.72. The van der Waals surface area contributed by atoms with E-state index in [9.17, 15) is 9.59 Å². The van der Waals surface area contributed by atoms with Crippen LogP contribution in [-0.4, -0.2) is 70.9 Å². The molecule has 2 amide bonds. The highest BCUT2D eigenvalue weighted by molar-refractivity contribution is 6.36. The average molecular weight is 557 g/mol. The standard InChI is InChI=1S/C27H30Cl2N6O3/c1-17(24-21(28)4-3-5-22(24)29)38-27-25(30)32-16-23(33-27)19-6-8-20(9-7-19)26(37)31-10-11-34-12-14-35(15-13-34)18(2)36/h3-9,16-17H,10-15H2,1-2H3,(H2,30,32)(H,31,37). The minimum absolute atomic E-state index is 0.103. The Labute approximate surface area is 231 Å². The fraction of sp³-hybridized carbons (Fsp3) is 0.333. The van der Waals surface area contributed by atoms with Gasteiger partial charge in [0.15, 0.2) is 5.82 Å². The summed E-state index contributed by atoms with van der Waals surface area (Å²) in [6.07, 6.45) is 1.04. The molecule has 1 aliphatic rings. The molecule has 1 aromatic heterocycles. The summed E-state index contributed by atoms with van der Waals surface area (Å²) in [7, 11) is 0. The quantitative estimate of drug-likeness (QED) is 0.429. The maximum absolute atomic E-state index is 12.6. The van der Waals surface area contributed by atoms with Gasteiger partial charge in [0, 0.05) is 72.9 Å². The first-order valence-corrected chi connectivity index (χ1v) is 13.1. The Morgan fingerprint density at radius 1 is 1.08 bits per heavy atom. The average Bonchev–Trinajstić information content (AvgIpc) is 2.90. The predicted octanol–water partition coefficient (Wildman–Crippen LogP) is 4.07. The molecule has 0 bridgehead atoms. The molecule has 9 nitrogen and oxygen atoms in total. The van der Waals surface area contributed by atoms with Gasteiger partial charge in [-0.15, -0.1) is 0 Å². The largest absolute Gasteiger partial charge is 0.467 e. The first kappa shape index (κ1) is 27.6. The van der Waals surface area contributed by atoms with Crippen LogP contribution in [0.25, 0.3) is 11.3 Å². The number of piperazine rings is 1. The number of nitrogens with two attached hydrogens (primary N) is 1. The molecular formula is C27H30Cl2N6O3. The molecule has 2 heterocycles. The highest BCUT2D eigenvalue weighted by atomic mass is 35.5.